The second kappa shape index (κ2) is 15.1. The van der Waals surface area contributed by atoms with Crippen LogP contribution in [0.25, 0.3) is 0 Å². The zero-order valence-corrected chi connectivity index (χ0v) is 28.3. The summed E-state index contributed by atoms with van der Waals surface area (Å²) in [5, 5.41) is 0. The molecule has 0 radical (unpaired) electrons. The van der Waals surface area contributed by atoms with Gasteiger partial charge in [0.25, 0.3) is 11.8 Å². The number of carbonyl (C=O) groups excluding carboxylic acids is 4. The first-order valence-corrected chi connectivity index (χ1v) is 16.0. The van der Waals surface area contributed by atoms with Gasteiger partial charge in [-0.05, 0) is 67.1 Å². The summed E-state index contributed by atoms with van der Waals surface area (Å²) in [6.45, 7) is 13.8. The molecule has 4 rings (SSSR count). The number of fused-ring (bicyclic) bond motifs is 2. The number of amides is 2. The van der Waals surface area contributed by atoms with Crippen molar-refractivity contribution >= 4 is 55.6 Å². The number of ether oxygens (including phenoxy) is 2. The zero-order chi connectivity index (χ0) is 31.1. The third kappa shape index (κ3) is 8.22. The Hall–Kier alpha value is -2.72. The monoisotopic (exact) mass is 706 g/mol. The molecule has 0 N–H and O–H groups in total. The van der Waals surface area contributed by atoms with E-state index in [1.165, 1.54) is 0 Å². The molecule has 2 aromatic carbocycles. The van der Waals surface area contributed by atoms with E-state index in [0.717, 1.165) is 20.1 Å². The van der Waals surface area contributed by atoms with Crippen LogP contribution in [0.15, 0.2) is 45.3 Å². The Morgan fingerprint density at radius 2 is 1.17 bits per heavy atom. The van der Waals surface area contributed by atoms with Gasteiger partial charge in [-0.3, -0.25) is 19.2 Å². The van der Waals surface area contributed by atoms with Crippen LogP contribution in [-0.2, 0) is 19.1 Å². The van der Waals surface area contributed by atoms with Crippen molar-refractivity contribution in [2.24, 2.45) is 11.8 Å². The highest BCUT2D eigenvalue weighted by molar-refractivity contribution is 9.10. The Morgan fingerprint density at radius 1 is 0.714 bits per heavy atom. The second-order valence-electron chi connectivity index (χ2n) is 11.2. The molecule has 2 atom stereocenters. The Morgan fingerprint density at radius 3 is 1.67 bits per heavy atom. The van der Waals surface area contributed by atoms with Gasteiger partial charge >= 0.3 is 11.9 Å². The Bertz CT molecular complexity index is 1300. The normalized spacial score (nSPS) is 17.3. The van der Waals surface area contributed by atoms with Gasteiger partial charge in [-0.2, -0.15) is 0 Å². The quantitative estimate of drug-likeness (QED) is 0.245. The third-order valence-electron chi connectivity index (χ3n) is 6.94. The fourth-order valence-corrected chi connectivity index (χ4v) is 6.08. The molecule has 0 saturated heterocycles. The van der Waals surface area contributed by atoms with Crippen molar-refractivity contribution in [1.82, 2.24) is 9.80 Å². The van der Waals surface area contributed by atoms with Gasteiger partial charge in [-0.15, -0.1) is 0 Å². The molecule has 2 unspecified atom stereocenters. The molecule has 2 aromatic rings. The predicted molar refractivity (Wildman–Crippen MR) is 168 cm³/mol. The lowest BCUT2D eigenvalue weighted by molar-refractivity contribution is -0.145. The fraction of sp³-hybridized carbons (Fsp3) is 0.500. The molecule has 2 aliphatic rings. The van der Waals surface area contributed by atoms with Gasteiger partial charge in [0.2, 0.25) is 0 Å². The molecule has 228 valence electrons. The topological polar surface area (TPSA) is 93.2 Å². The van der Waals surface area contributed by atoms with E-state index < -0.39 is 0 Å². The number of hydrogen-bond donors (Lipinski definition) is 0. The van der Waals surface area contributed by atoms with Crippen LogP contribution in [0.1, 0.15) is 98.3 Å². The van der Waals surface area contributed by atoms with Crippen LogP contribution in [-0.4, -0.2) is 59.9 Å². The Kier molecular flexibility index (Phi) is 12.2. The molecular formula is C32H40Br2N2O6. The molecule has 0 aromatic heterocycles. The average Bonchev–Trinajstić information content (AvgIpc) is 3.29. The first-order valence-electron chi connectivity index (χ1n) is 14.4. The molecule has 42 heavy (non-hydrogen) atoms. The van der Waals surface area contributed by atoms with E-state index in [9.17, 15) is 19.2 Å². The van der Waals surface area contributed by atoms with E-state index in [1.54, 1.807) is 23.6 Å². The number of hydrogen-bond acceptors (Lipinski definition) is 6. The van der Waals surface area contributed by atoms with Gasteiger partial charge in [0.1, 0.15) is 0 Å². The predicted octanol–water partition coefficient (Wildman–Crippen LogP) is 7.11. The van der Waals surface area contributed by atoms with E-state index in [2.05, 4.69) is 59.6 Å². The highest BCUT2D eigenvalue weighted by Gasteiger charge is 2.39. The van der Waals surface area contributed by atoms with E-state index in [-0.39, 0.29) is 48.7 Å². The van der Waals surface area contributed by atoms with Crippen molar-refractivity contribution in [3.63, 3.8) is 0 Å². The molecule has 0 fully saturated rings. The molecule has 8 nitrogen and oxygen atoms in total. The summed E-state index contributed by atoms with van der Waals surface area (Å²) in [4.78, 5) is 52.4. The molecular weight excluding hydrogens is 668 g/mol. The van der Waals surface area contributed by atoms with Gasteiger partial charge in [0.05, 0.1) is 38.1 Å². The van der Waals surface area contributed by atoms with E-state index in [4.69, 9.17) is 9.47 Å². The summed E-state index contributed by atoms with van der Waals surface area (Å²) in [5.41, 5.74) is 3.19. The van der Waals surface area contributed by atoms with Crippen molar-refractivity contribution in [2.45, 2.75) is 66.5 Å². The first kappa shape index (κ1) is 33.8. The largest absolute Gasteiger partial charge is 0.466 e. The number of benzene rings is 2. The summed E-state index contributed by atoms with van der Waals surface area (Å²) in [6, 6.07) is 10.8. The molecule has 10 heteroatoms. The van der Waals surface area contributed by atoms with Crippen molar-refractivity contribution in [3.8, 4) is 0 Å². The molecule has 2 amide bonds. The molecule has 0 saturated carbocycles. The van der Waals surface area contributed by atoms with Gasteiger partial charge < -0.3 is 19.3 Å². The molecule has 0 bridgehead atoms. The van der Waals surface area contributed by atoms with Crippen molar-refractivity contribution < 1.29 is 28.7 Å². The van der Waals surface area contributed by atoms with Crippen LogP contribution >= 0.6 is 31.9 Å². The molecule has 2 heterocycles. The SMILES string of the molecule is CCOC(=O)CC1c2cc(Br)ccc2C(=O)N1CC(C)C.CCOC(=O)CC1c2ccc(Br)cc2C(=O)N1CC(C)C. The van der Waals surface area contributed by atoms with Gasteiger partial charge in [0.15, 0.2) is 0 Å². The van der Waals surface area contributed by atoms with Crippen LogP contribution in [0.2, 0.25) is 0 Å². The third-order valence-corrected chi connectivity index (χ3v) is 7.92. The second-order valence-corrected chi connectivity index (χ2v) is 13.0. The fourth-order valence-electron chi connectivity index (χ4n) is 5.34. The van der Waals surface area contributed by atoms with Crippen molar-refractivity contribution in [3.05, 3.63) is 67.6 Å². The summed E-state index contributed by atoms with van der Waals surface area (Å²) in [7, 11) is 0. The minimum atomic E-state index is -0.267. The summed E-state index contributed by atoms with van der Waals surface area (Å²) >= 11 is 6.83. The summed E-state index contributed by atoms with van der Waals surface area (Å²) < 4.78 is 11.9. The van der Waals surface area contributed by atoms with E-state index in [1.807, 2.05) is 36.4 Å². The zero-order valence-electron chi connectivity index (χ0n) is 25.1. The van der Waals surface area contributed by atoms with Crippen LogP contribution in [0, 0.1) is 11.8 Å². The molecule has 2 aliphatic heterocycles. The van der Waals surface area contributed by atoms with E-state index in [0.29, 0.717) is 49.3 Å². The van der Waals surface area contributed by atoms with Gasteiger partial charge in [-0.1, -0.05) is 65.6 Å². The highest BCUT2D eigenvalue weighted by atomic mass is 79.9. The number of nitrogens with zero attached hydrogens (tertiary/aromatic N) is 2. The maximum atomic E-state index is 12.6. The maximum absolute atomic E-state index is 12.6. The highest BCUT2D eigenvalue weighted by Crippen LogP contribution is 2.39. The molecule has 0 aliphatic carbocycles. The Labute approximate surface area is 265 Å². The maximum Gasteiger partial charge on any atom is 0.308 e. The van der Waals surface area contributed by atoms with Gasteiger partial charge in [0, 0.05) is 33.2 Å². The number of esters is 2. The summed E-state index contributed by atoms with van der Waals surface area (Å²) in [6.07, 6.45) is 0.413. The van der Waals surface area contributed by atoms with Crippen molar-refractivity contribution in [2.75, 3.05) is 26.3 Å². The van der Waals surface area contributed by atoms with Crippen LogP contribution in [0.3, 0.4) is 0 Å². The van der Waals surface area contributed by atoms with Crippen LogP contribution in [0.5, 0.6) is 0 Å². The first-order chi connectivity index (χ1) is 19.9. The average molecular weight is 708 g/mol. The minimum absolute atomic E-state index is 0.000462. The number of halogens is 2. The lowest BCUT2D eigenvalue weighted by Gasteiger charge is -2.26. The standard InChI is InChI=1S/2C16H20BrNO3/c1-4-21-15(19)8-14-13-7-11(17)5-6-12(13)16(20)18(14)9-10(2)3;1-4-21-15(19)8-14-12-6-5-11(17)7-13(12)16(20)18(14)9-10(2)3/h2*5-7,10,14H,4,8-9H2,1-3H3. The van der Waals surface area contributed by atoms with Crippen LogP contribution < -0.4 is 0 Å². The number of rotatable bonds is 10. The smallest absolute Gasteiger partial charge is 0.308 e. The minimum Gasteiger partial charge on any atom is -0.466 e. The van der Waals surface area contributed by atoms with E-state index >= 15 is 0 Å². The number of carbonyl (C=O) groups is 4. The van der Waals surface area contributed by atoms with Gasteiger partial charge in [-0.25, -0.2) is 0 Å². The van der Waals surface area contributed by atoms with Crippen LogP contribution in [0.4, 0.5) is 0 Å². The molecule has 0 spiro atoms. The van der Waals surface area contributed by atoms with Crippen molar-refractivity contribution in [1.29, 1.82) is 0 Å². The lowest BCUT2D eigenvalue weighted by atomic mass is 10.0. The Balaban J connectivity index is 0.000000230. The lowest BCUT2D eigenvalue weighted by Crippen LogP contribution is -2.33. The summed E-state index contributed by atoms with van der Waals surface area (Å²) in [5.74, 6) is 0.152.